The minimum absolute atomic E-state index is 0.214. The third-order valence-corrected chi connectivity index (χ3v) is 2.95. The van der Waals surface area contributed by atoms with Crippen LogP contribution in [0, 0.1) is 5.41 Å². The zero-order valence-electron chi connectivity index (χ0n) is 9.47. The number of hydrogen-bond donors (Lipinski definition) is 3. The molecule has 1 aliphatic heterocycles. The van der Waals surface area contributed by atoms with Crippen molar-refractivity contribution in [1.82, 2.24) is 10.6 Å². The third-order valence-electron chi connectivity index (χ3n) is 2.95. The number of aliphatic hydroxyl groups excluding tert-OH is 1. The summed E-state index contributed by atoms with van der Waals surface area (Å²) in [6.07, 6.45) is 3.43. The van der Waals surface area contributed by atoms with Crippen LogP contribution in [0.4, 0.5) is 0 Å². The molecule has 1 saturated heterocycles. The van der Waals surface area contributed by atoms with Gasteiger partial charge in [0.25, 0.3) is 0 Å². The van der Waals surface area contributed by atoms with Crippen molar-refractivity contribution in [2.24, 2.45) is 5.41 Å². The third kappa shape index (κ3) is 4.40. The molecule has 1 atom stereocenters. The van der Waals surface area contributed by atoms with Crippen molar-refractivity contribution in [3.63, 3.8) is 0 Å². The van der Waals surface area contributed by atoms with E-state index in [0.717, 1.165) is 26.1 Å². The zero-order chi connectivity index (χ0) is 10.4. The first-order chi connectivity index (χ1) is 6.64. The van der Waals surface area contributed by atoms with Crippen molar-refractivity contribution in [3.8, 4) is 0 Å². The minimum Gasteiger partial charge on any atom is -0.396 e. The van der Waals surface area contributed by atoms with Gasteiger partial charge in [-0.25, -0.2) is 0 Å². The molecule has 84 valence electrons. The van der Waals surface area contributed by atoms with Crippen LogP contribution in [0.15, 0.2) is 0 Å². The summed E-state index contributed by atoms with van der Waals surface area (Å²) in [5, 5.41) is 15.9. The normalized spacial score (nSPS) is 23.8. The number of aliphatic hydroxyl groups is 1. The van der Waals surface area contributed by atoms with Crippen LogP contribution >= 0.6 is 0 Å². The van der Waals surface area contributed by atoms with Gasteiger partial charge in [-0.3, -0.25) is 0 Å². The summed E-state index contributed by atoms with van der Waals surface area (Å²) in [5.74, 6) is 0. The van der Waals surface area contributed by atoms with Crippen LogP contribution in [-0.2, 0) is 0 Å². The lowest BCUT2D eigenvalue weighted by molar-refractivity contribution is 0.199. The van der Waals surface area contributed by atoms with Gasteiger partial charge in [0.15, 0.2) is 0 Å². The molecular weight excluding hydrogens is 176 g/mol. The average molecular weight is 200 g/mol. The van der Waals surface area contributed by atoms with Crippen LogP contribution < -0.4 is 10.6 Å². The Morgan fingerprint density at radius 3 is 2.86 bits per heavy atom. The van der Waals surface area contributed by atoms with E-state index in [0.29, 0.717) is 6.04 Å². The van der Waals surface area contributed by atoms with Gasteiger partial charge in [-0.15, -0.1) is 0 Å². The molecule has 0 bridgehead atoms. The summed E-state index contributed by atoms with van der Waals surface area (Å²) in [5.41, 5.74) is 0.214. The van der Waals surface area contributed by atoms with Crippen LogP contribution in [-0.4, -0.2) is 37.4 Å². The standard InChI is InChI=1S/C11H24N2O/c1-11(2,5-7-14)9-13-10-4-3-6-12-8-10/h10,12-14H,3-9H2,1-2H3. The summed E-state index contributed by atoms with van der Waals surface area (Å²) in [6, 6.07) is 0.627. The Labute approximate surface area is 87.3 Å². The van der Waals surface area contributed by atoms with E-state index in [4.69, 9.17) is 5.11 Å². The molecule has 1 rings (SSSR count). The van der Waals surface area contributed by atoms with E-state index in [1.54, 1.807) is 0 Å². The van der Waals surface area contributed by atoms with Gasteiger partial charge in [-0.2, -0.15) is 0 Å². The number of nitrogens with one attached hydrogen (secondary N) is 2. The second-order valence-corrected chi connectivity index (χ2v) is 5.06. The average Bonchev–Trinajstić information content (AvgIpc) is 2.17. The van der Waals surface area contributed by atoms with Crippen molar-refractivity contribution >= 4 is 0 Å². The predicted molar refractivity (Wildman–Crippen MR) is 59.4 cm³/mol. The number of hydrogen-bond acceptors (Lipinski definition) is 3. The Morgan fingerprint density at radius 1 is 1.50 bits per heavy atom. The first-order valence-corrected chi connectivity index (χ1v) is 5.69. The number of piperidine rings is 1. The molecule has 0 radical (unpaired) electrons. The van der Waals surface area contributed by atoms with Gasteiger partial charge >= 0.3 is 0 Å². The lowest BCUT2D eigenvalue weighted by Gasteiger charge is -2.30. The molecular formula is C11H24N2O. The largest absolute Gasteiger partial charge is 0.396 e. The Bertz CT molecular complexity index is 153. The Morgan fingerprint density at radius 2 is 2.29 bits per heavy atom. The van der Waals surface area contributed by atoms with Crippen LogP contribution in [0.1, 0.15) is 33.1 Å². The molecule has 0 amide bonds. The van der Waals surface area contributed by atoms with E-state index < -0.39 is 0 Å². The predicted octanol–water partition coefficient (Wildman–Crippen LogP) is 0.737. The molecule has 0 aromatic rings. The molecule has 0 aliphatic carbocycles. The van der Waals surface area contributed by atoms with E-state index in [1.165, 1.54) is 12.8 Å². The SMILES string of the molecule is CC(C)(CCO)CNC1CCCNC1. The summed E-state index contributed by atoms with van der Waals surface area (Å²) in [7, 11) is 0. The molecule has 0 aromatic carbocycles. The first kappa shape index (κ1) is 12.0. The molecule has 1 unspecified atom stereocenters. The highest BCUT2D eigenvalue weighted by Gasteiger charge is 2.19. The molecule has 1 heterocycles. The summed E-state index contributed by atoms with van der Waals surface area (Å²) >= 11 is 0. The lowest BCUT2D eigenvalue weighted by Crippen LogP contribution is -2.46. The molecule has 3 N–H and O–H groups in total. The molecule has 0 spiro atoms. The highest BCUT2D eigenvalue weighted by atomic mass is 16.3. The van der Waals surface area contributed by atoms with Crippen LogP contribution in [0.3, 0.4) is 0 Å². The van der Waals surface area contributed by atoms with Gasteiger partial charge < -0.3 is 15.7 Å². The lowest BCUT2D eigenvalue weighted by atomic mass is 9.89. The van der Waals surface area contributed by atoms with Crippen LogP contribution in [0.25, 0.3) is 0 Å². The van der Waals surface area contributed by atoms with E-state index >= 15 is 0 Å². The molecule has 3 heteroatoms. The second-order valence-electron chi connectivity index (χ2n) is 5.06. The topological polar surface area (TPSA) is 44.3 Å². The van der Waals surface area contributed by atoms with Crippen molar-refractivity contribution in [1.29, 1.82) is 0 Å². The van der Waals surface area contributed by atoms with Crippen molar-refractivity contribution in [3.05, 3.63) is 0 Å². The van der Waals surface area contributed by atoms with E-state index in [2.05, 4.69) is 24.5 Å². The molecule has 1 fully saturated rings. The smallest absolute Gasteiger partial charge is 0.0436 e. The molecule has 3 nitrogen and oxygen atoms in total. The fraction of sp³-hybridized carbons (Fsp3) is 1.00. The minimum atomic E-state index is 0.214. The van der Waals surface area contributed by atoms with Crippen LogP contribution in [0.5, 0.6) is 0 Å². The second kappa shape index (κ2) is 5.69. The monoisotopic (exact) mass is 200 g/mol. The molecule has 0 aromatic heterocycles. The fourth-order valence-electron chi connectivity index (χ4n) is 1.84. The Balaban J connectivity index is 2.17. The van der Waals surface area contributed by atoms with Gasteiger partial charge in [0, 0.05) is 25.7 Å². The molecule has 0 saturated carbocycles. The maximum absolute atomic E-state index is 8.90. The van der Waals surface area contributed by atoms with Crippen molar-refractivity contribution in [2.75, 3.05) is 26.2 Å². The van der Waals surface area contributed by atoms with Gasteiger partial charge in [-0.05, 0) is 31.2 Å². The fourth-order valence-corrected chi connectivity index (χ4v) is 1.84. The quantitative estimate of drug-likeness (QED) is 0.613. The van der Waals surface area contributed by atoms with E-state index in [9.17, 15) is 0 Å². The maximum atomic E-state index is 8.90. The zero-order valence-corrected chi connectivity index (χ0v) is 9.47. The van der Waals surface area contributed by atoms with Gasteiger partial charge in [0.05, 0.1) is 0 Å². The van der Waals surface area contributed by atoms with Gasteiger partial charge in [0.2, 0.25) is 0 Å². The Kier molecular flexibility index (Phi) is 4.85. The van der Waals surface area contributed by atoms with Gasteiger partial charge in [0.1, 0.15) is 0 Å². The summed E-state index contributed by atoms with van der Waals surface area (Å²) in [6.45, 7) is 7.95. The summed E-state index contributed by atoms with van der Waals surface area (Å²) < 4.78 is 0. The van der Waals surface area contributed by atoms with E-state index in [-0.39, 0.29) is 12.0 Å². The number of rotatable bonds is 5. The highest BCUT2D eigenvalue weighted by molar-refractivity contribution is 4.79. The summed E-state index contributed by atoms with van der Waals surface area (Å²) in [4.78, 5) is 0. The van der Waals surface area contributed by atoms with Crippen LogP contribution in [0.2, 0.25) is 0 Å². The van der Waals surface area contributed by atoms with Gasteiger partial charge in [-0.1, -0.05) is 13.8 Å². The van der Waals surface area contributed by atoms with E-state index in [1.807, 2.05) is 0 Å². The first-order valence-electron chi connectivity index (χ1n) is 5.69. The molecule has 14 heavy (non-hydrogen) atoms. The maximum Gasteiger partial charge on any atom is 0.0436 e. The van der Waals surface area contributed by atoms with Crippen molar-refractivity contribution in [2.45, 2.75) is 39.2 Å². The van der Waals surface area contributed by atoms with Crippen molar-refractivity contribution < 1.29 is 5.11 Å². The molecule has 1 aliphatic rings. The highest BCUT2D eigenvalue weighted by Crippen LogP contribution is 2.18. The Hall–Kier alpha value is -0.120.